The molecular formula is C46H77N3O5. The molecule has 0 aromatic rings. The van der Waals surface area contributed by atoms with Gasteiger partial charge in [0.1, 0.15) is 6.10 Å². The first-order chi connectivity index (χ1) is 26.0. The van der Waals surface area contributed by atoms with E-state index in [1.807, 2.05) is 18.7 Å². The van der Waals surface area contributed by atoms with Gasteiger partial charge in [0.25, 0.3) is 0 Å². The van der Waals surface area contributed by atoms with E-state index in [1.165, 1.54) is 96.7 Å². The number of carbonyl (C=O) groups excluding carboxylic acids is 1. The monoisotopic (exact) mass is 752 g/mol. The maximum atomic E-state index is 12.9. The fourth-order valence-electron chi connectivity index (χ4n) is 15.3. The highest BCUT2D eigenvalue weighted by atomic mass is 16.7. The summed E-state index contributed by atoms with van der Waals surface area (Å²) in [6.07, 6.45) is 18.7. The van der Waals surface area contributed by atoms with Gasteiger partial charge in [0.15, 0.2) is 6.29 Å². The first-order valence-electron chi connectivity index (χ1n) is 23.4. The molecule has 306 valence electrons. The second-order valence-corrected chi connectivity index (χ2v) is 21.4. The van der Waals surface area contributed by atoms with Crippen molar-refractivity contribution in [3.63, 3.8) is 0 Å². The molecule has 0 aromatic heterocycles. The molecule has 1 amide bonds. The van der Waals surface area contributed by atoms with E-state index in [9.17, 15) is 4.79 Å². The Bertz CT molecular complexity index is 1360. The largest absolute Gasteiger partial charge is 0.443 e. The standard InChI is InChI=1S/C44H71N3O5.C2H6/c1-28(2)39(52-40(48)46-18-7-19-46)34-12-10-32-35(50-34)22-33-31-11-13-36-41(3,4)37(14-15-44(36)27-43(31,44)17-16-42(32,33)5)51-38-26-45(20-21-49-38)23-29-24-47(25-29)30-8-6-9-30;1-2/h28-39H,6-27H2,1-5H3;1-2H3/t31?,32?,33?,34?,35?,36?,37-,38?,39+,42?,43-,44?;/m0./s1. The number of morpholine rings is 1. The average Bonchev–Trinajstić information content (AvgIpc) is 3.66. The Kier molecular flexibility index (Phi) is 10.3. The summed E-state index contributed by atoms with van der Waals surface area (Å²) in [4.78, 5) is 20.1. The molecule has 10 rings (SSSR count). The minimum Gasteiger partial charge on any atom is -0.443 e. The van der Waals surface area contributed by atoms with Crippen molar-refractivity contribution in [2.45, 2.75) is 175 Å². The van der Waals surface area contributed by atoms with Gasteiger partial charge < -0.3 is 23.8 Å². The van der Waals surface area contributed by atoms with Gasteiger partial charge in [-0.15, -0.1) is 0 Å². The lowest BCUT2D eigenvalue weighted by atomic mass is 9.46. The van der Waals surface area contributed by atoms with E-state index < -0.39 is 0 Å². The zero-order valence-corrected chi connectivity index (χ0v) is 35.4. The third kappa shape index (κ3) is 6.08. The van der Waals surface area contributed by atoms with Crippen molar-refractivity contribution in [2.75, 3.05) is 52.4 Å². The number of ether oxygens (including phenoxy) is 4. The van der Waals surface area contributed by atoms with Gasteiger partial charge in [0.2, 0.25) is 0 Å². The zero-order valence-electron chi connectivity index (χ0n) is 35.4. The highest BCUT2D eigenvalue weighted by Crippen LogP contribution is 2.87. The number of hydrogen-bond donors (Lipinski definition) is 0. The Morgan fingerprint density at radius 3 is 2.31 bits per heavy atom. The molecule has 6 aliphatic carbocycles. The number of carbonyl (C=O) groups is 1. The molecule has 0 aromatic carbocycles. The van der Waals surface area contributed by atoms with E-state index in [0.29, 0.717) is 28.3 Å². The molecule has 8 heteroatoms. The van der Waals surface area contributed by atoms with Crippen molar-refractivity contribution < 1.29 is 23.7 Å². The number of likely N-dealkylation sites (tertiary alicyclic amines) is 2. The van der Waals surface area contributed by atoms with E-state index in [1.54, 1.807) is 0 Å². The van der Waals surface area contributed by atoms with Gasteiger partial charge in [-0.2, -0.15) is 0 Å². The van der Waals surface area contributed by atoms with Crippen molar-refractivity contribution in [1.29, 1.82) is 0 Å². The molecule has 4 heterocycles. The Hall–Kier alpha value is -0.930. The Balaban J connectivity index is 0.00000189. The molecule has 0 bridgehead atoms. The molecule has 0 N–H and O–H groups in total. The highest BCUT2D eigenvalue weighted by Gasteiger charge is 2.80. The van der Waals surface area contributed by atoms with Crippen molar-refractivity contribution in [3.8, 4) is 0 Å². The molecule has 6 saturated carbocycles. The molecule has 0 radical (unpaired) electrons. The Morgan fingerprint density at radius 1 is 0.833 bits per heavy atom. The minimum absolute atomic E-state index is 0.0315. The zero-order chi connectivity index (χ0) is 37.6. The summed E-state index contributed by atoms with van der Waals surface area (Å²) >= 11 is 0. The SMILES string of the molecule is CC.CC(C)[C@@H](OC(=O)N1CCC1)C1CCC2C(CC3C4CCC5C(C)(C)[C@@H](OC6CN(CC7CN(C8CCC8)C7)CCO6)CCC56C[C@@]46CCC23C)O1. The number of nitrogens with zero attached hydrogens (tertiary/aromatic N) is 3. The predicted molar refractivity (Wildman–Crippen MR) is 212 cm³/mol. The van der Waals surface area contributed by atoms with E-state index in [-0.39, 0.29) is 42.0 Å². The van der Waals surface area contributed by atoms with Crippen LogP contribution in [0.25, 0.3) is 0 Å². The quantitative estimate of drug-likeness (QED) is 0.246. The summed E-state index contributed by atoms with van der Waals surface area (Å²) in [7, 11) is 0. The van der Waals surface area contributed by atoms with Crippen molar-refractivity contribution in [1.82, 2.24) is 14.7 Å². The molecule has 12 atom stereocenters. The van der Waals surface area contributed by atoms with E-state index >= 15 is 0 Å². The van der Waals surface area contributed by atoms with Crippen LogP contribution in [0.1, 0.15) is 138 Å². The summed E-state index contributed by atoms with van der Waals surface area (Å²) < 4.78 is 26.7. The number of rotatable bonds is 8. The van der Waals surface area contributed by atoms with Crippen LogP contribution in [0.15, 0.2) is 0 Å². The molecule has 54 heavy (non-hydrogen) atoms. The molecule has 10 aliphatic rings. The van der Waals surface area contributed by atoms with E-state index in [4.69, 9.17) is 18.9 Å². The van der Waals surface area contributed by atoms with Gasteiger partial charge in [-0.1, -0.05) is 54.9 Å². The van der Waals surface area contributed by atoms with Gasteiger partial charge in [-0.25, -0.2) is 4.79 Å². The predicted octanol–water partition coefficient (Wildman–Crippen LogP) is 8.61. The van der Waals surface area contributed by atoms with Crippen LogP contribution in [-0.4, -0.2) is 110 Å². The fraction of sp³-hybridized carbons (Fsp3) is 0.978. The van der Waals surface area contributed by atoms with Crippen LogP contribution in [-0.2, 0) is 18.9 Å². The molecule has 4 saturated heterocycles. The molecule has 8 nitrogen and oxygen atoms in total. The first-order valence-corrected chi connectivity index (χ1v) is 23.4. The Morgan fingerprint density at radius 2 is 1.61 bits per heavy atom. The van der Waals surface area contributed by atoms with Crippen LogP contribution in [0.3, 0.4) is 0 Å². The van der Waals surface area contributed by atoms with E-state index in [0.717, 1.165) is 75.3 Å². The third-order valence-electron chi connectivity index (χ3n) is 18.5. The smallest absolute Gasteiger partial charge is 0.410 e. The normalized spacial score (nSPS) is 46.2. The van der Waals surface area contributed by atoms with Crippen molar-refractivity contribution in [3.05, 3.63) is 0 Å². The van der Waals surface area contributed by atoms with Crippen molar-refractivity contribution in [2.24, 2.45) is 57.2 Å². The highest BCUT2D eigenvalue weighted by molar-refractivity contribution is 5.68. The molecule has 9 unspecified atom stereocenters. The lowest BCUT2D eigenvalue weighted by Gasteiger charge is -2.60. The van der Waals surface area contributed by atoms with Crippen molar-refractivity contribution >= 4 is 6.09 Å². The second kappa shape index (κ2) is 14.4. The van der Waals surface area contributed by atoms with Crippen LogP contribution in [0.4, 0.5) is 4.79 Å². The third-order valence-corrected chi connectivity index (χ3v) is 18.5. The van der Waals surface area contributed by atoms with Gasteiger partial charge in [0, 0.05) is 51.9 Å². The summed E-state index contributed by atoms with van der Waals surface area (Å²) in [5, 5.41) is 0. The van der Waals surface area contributed by atoms with Crippen LogP contribution in [0, 0.1) is 57.2 Å². The first kappa shape index (κ1) is 38.6. The number of amides is 1. The van der Waals surface area contributed by atoms with Gasteiger partial charge in [-0.3, -0.25) is 9.80 Å². The second-order valence-electron chi connectivity index (χ2n) is 21.4. The van der Waals surface area contributed by atoms with Crippen LogP contribution in [0.5, 0.6) is 0 Å². The summed E-state index contributed by atoms with van der Waals surface area (Å²) in [6, 6.07) is 0.897. The number of hydrogen-bond acceptors (Lipinski definition) is 7. The molecular weight excluding hydrogens is 675 g/mol. The lowest BCUT2D eigenvalue weighted by Crippen LogP contribution is -2.59. The molecule has 2 spiro atoms. The molecule has 4 aliphatic heterocycles. The summed E-state index contributed by atoms with van der Waals surface area (Å²) in [5.41, 5.74) is 1.62. The lowest BCUT2D eigenvalue weighted by molar-refractivity contribution is -0.246. The minimum atomic E-state index is -0.148. The topological polar surface area (TPSA) is 63.7 Å². The fourth-order valence-corrected chi connectivity index (χ4v) is 15.3. The van der Waals surface area contributed by atoms with Gasteiger partial charge >= 0.3 is 6.09 Å². The summed E-state index contributed by atoms with van der Waals surface area (Å²) in [5.74, 6) is 4.11. The average molecular weight is 752 g/mol. The Labute approximate surface area is 328 Å². The van der Waals surface area contributed by atoms with Crippen LogP contribution in [0.2, 0.25) is 0 Å². The number of fused-ring (bicyclic) bond motifs is 4. The van der Waals surface area contributed by atoms with Gasteiger partial charge in [-0.05, 0) is 141 Å². The van der Waals surface area contributed by atoms with Crippen LogP contribution < -0.4 is 0 Å². The van der Waals surface area contributed by atoms with Crippen LogP contribution >= 0.6 is 0 Å². The maximum absolute atomic E-state index is 12.9. The van der Waals surface area contributed by atoms with E-state index in [2.05, 4.69) is 44.4 Å². The summed E-state index contributed by atoms with van der Waals surface area (Å²) in [6.45, 7) is 24.5. The maximum Gasteiger partial charge on any atom is 0.410 e. The van der Waals surface area contributed by atoms with Gasteiger partial charge in [0.05, 0.1) is 24.9 Å². The molecule has 10 fully saturated rings.